The molecule has 0 saturated carbocycles. The number of alkyl halides is 1. The number of nitrogens with one attached hydrogen (secondary N) is 1. The third kappa shape index (κ3) is 10.3. The fourth-order valence-electron chi connectivity index (χ4n) is 1.05. The summed E-state index contributed by atoms with van der Waals surface area (Å²) in [5, 5.41) is 3.41. The highest BCUT2D eigenvalue weighted by atomic mass is 35.5. The molecule has 0 aliphatic carbocycles. The minimum Gasteiger partial charge on any atom is -0.317 e. The lowest BCUT2D eigenvalue weighted by Crippen LogP contribution is -2.21. The molecule has 0 amide bonds. The van der Waals surface area contributed by atoms with E-state index < -0.39 is 9.84 Å². The van der Waals surface area contributed by atoms with Gasteiger partial charge in [-0.05, 0) is 32.4 Å². The molecule has 0 aliphatic rings. The van der Waals surface area contributed by atoms with Gasteiger partial charge >= 0.3 is 0 Å². The molecule has 1 N–H and O–H groups in total. The van der Waals surface area contributed by atoms with Crippen molar-refractivity contribution in [2.75, 3.05) is 25.1 Å². The van der Waals surface area contributed by atoms with Gasteiger partial charge < -0.3 is 5.32 Å². The van der Waals surface area contributed by atoms with E-state index in [9.17, 15) is 8.42 Å². The second-order valence-corrected chi connectivity index (χ2v) is 6.40. The maximum Gasteiger partial charge on any atom is 0.147 e. The van der Waals surface area contributed by atoms with Gasteiger partial charge in [0.1, 0.15) is 9.84 Å². The molecule has 1 atom stereocenters. The fraction of sp³-hybridized carbons (Fsp3) is 1.00. The molecule has 0 aliphatic heterocycles. The minimum atomic E-state index is -2.80. The quantitative estimate of drug-likeness (QED) is 0.517. The Morgan fingerprint density at radius 3 is 2.50 bits per heavy atom. The molecule has 0 bridgehead atoms. The van der Waals surface area contributed by atoms with E-state index in [4.69, 9.17) is 11.6 Å². The Kier molecular flexibility index (Phi) is 7.59. The third-order valence-corrected chi connectivity index (χ3v) is 3.50. The third-order valence-electron chi connectivity index (χ3n) is 1.95. The van der Waals surface area contributed by atoms with Crippen LogP contribution in [0.15, 0.2) is 0 Å². The Morgan fingerprint density at radius 1 is 1.36 bits per heavy atom. The minimum absolute atomic E-state index is 0.234. The van der Waals surface area contributed by atoms with Crippen LogP contribution < -0.4 is 5.32 Å². The van der Waals surface area contributed by atoms with Gasteiger partial charge in [-0.3, -0.25) is 0 Å². The van der Waals surface area contributed by atoms with Crippen LogP contribution in [0.2, 0.25) is 0 Å². The van der Waals surface area contributed by atoms with Gasteiger partial charge in [-0.15, -0.1) is 11.6 Å². The van der Waals surface area contributed by atoms with Crippen LogP contribution >= 0.6 is 11.6 Å². The van der Waals surface area contributed by atoms with E-state index in [0.717, 1.165) is 25.9 Å². The van der Waals surface area contributed by atoms with E-state index in [2.05, 4.69) is 12.2 Å². The average Bonchev–Trinajstić information content (AvgIpc) is 2.08. The summed E-state index contributed by atoms with van der Waals surface area (Å²) in [4.78, 5) is 0. The fourth-order valence-corrected chi connectivity index (χ4v) is 1.82. The molecule has 14 heavy (non-hydrogen) atoms. The van der Waals surface area contributed by atoms with Crippen molar-refractivity contribution in [1.29, 1.82) is 0 Å². The highest BCUT2D eigenvalue weighted by molar-refractivity contribution is 7.90. The normalized spacial score (nSPS) is 14.2. The van der Waals surface area contributed by atoms with Crippen LogP contribution in [-0.4, -0.2) is 38.9 Å². The molecule has 0 saturated heterocycles. The Labute approximate surface area is 92.1 Å². The van der Waals surface area contributed by atoms with E-state index in [1.54, 1.807) is 0 Å². The van der Waals surface area contributed by atoms with Crippen molar-refractivity contribution in [2.45, 2.75) is 31.6 Å². The van der Waals surface area contributed by atoms with Crippen molar-refractivity contribution < 1.29 is 8.42 Å². The number of hydrogen-bond acceptors (Lipinski definition) is 3. The van der Waals surface area contributed by atoms with E-state index in [0.29, 0.717) is 6.42 Å². The van der Waals surface area contributed by atoms with Gasteiger partial charge in [0.2, 0.25) is 0 Å². The molecular weight excluding hydrogens is 222 g/mol. The van der Waals surface area contributed by atoms with Gasteiger partial charge in [-0.1, -0.05) is 6.92 Å². The van der Waals surface area contributed by atoms with Gasteiger partial charge in [0.25, 0.3) is 0 Å². The molecule has 0 aromatic rings. The van der Waals surface area contributed by atoms with E-state index >= 15 is 0 Å². The van der Waals surface area contributed by atoms with Gasteiger partial charge in [0.05, 0.1) is 5.75 Å². The molecule has 5 heteroatoms. The monoisotopic (exact) mass is 241 g/mol. The van der Waals surface area contributed by atoms with E-state index in [-0.39, 0.29) is 11.1 Å². The highest BCUT2D eigenvalue weighted by Crippen LogP contribution is 2.04. The van der Waals surface area contributed by atoms with Crippen molar-refractivity contribution in [3.8, 4) is 0 Å². The number of rotatable bonds is 8. The largest absolute Gasteiger partial charge is 0.317 e. The first-order chi connectivity index (χ1) is 6.45. The highest BCUT2D eigenvalue weighted by Gasteiger charge is 2.02. The van der Waals surface area contributed by atoms with Gasteiger partial charge in [0, 0.05) is 11.6 Å². The topological polar surface area (TPSA) is 46.2 Å². The maximum atomic E-state index is 10.8. The predicted octanol–water partition coefficient (Wildman–Crippen LogP) is 1.42. The summed E-state index contributed by atoms with van der Waals surface area (Å²) in [7, 11) is -2.80. The first kappa shape index (κ1) is 14.2. The Hall–Kier alpha value is 0.200. The van der Waals surface area contributed by atoms with Crippen LogP contribution in [0, 0.1) is 0 Å². The zero-order valence-electron chi connectivity index (χ0n) is 8.92. The summed E-state index contributed by atoms with van der Waals surface area (Å²) < 4.78 is 21.5. The van der Waals surface area contributed by atoms with Crippen molar-refractivity contribution >= 4 is 21.4 Å². The van der Waals surface area contributed by atoms with Crippen LogP contribution in [-0.2, 0) is 9.84 Å². The van der Waals surface area contributed by atoms with Crippen LogP contribution in [0.5, 0.6) is 0 Å². The SMILES string of the molecule is CCC(Cl)CCNCCCS(C)(=O)=O. The molecule has 0 fully saturated rings. The summed E-state index contributed by atoms with van der Waals surface area (Å²) in [6.07, 6.45) is 3.86. The second-order valence-electron chi connectivity index (χ2n) is 3.53. The smallest absolute Gasteiger partial charge is 0.147 e. The molecular formula is C9H20ClNO2S. The average molecular weight is 242 g/mol. The number of halogens is 1. The molecule has 1 unspecified atom stereocenters. The van der Waals surface area contributed by atoms with Crippen LogP contribution in [0.3, 0.4) is 0 Å². The lowest BCUT2D eigenvalue weighted by Gasteiger charge is -2.07. The molecule has 0 aromatic carbocycles. The van der Waals surface area contributed by atoms with Crippen molar-refractivity contribution in [3.63, 3.8) is 0 Å². The first-order valence-electron chi connectivity index (χ1n) is 4.98. The molecule has 0 aromatic heterocycles. The summed E-state index contributed by atoms with van der Waals surface area (Å²) in [5.74, 6) is 0.262. The van der Waals surface area contributed by atoms with Crippen molar-refractivity contribution in [1.82, 2.24) is 5.32 Å². The number of sulfone groups is 1. The summed E-state index contributed by atoms with van der Waals surface area (Å²) in [6, 6.07) is 0. The predicted molar refractivity (Wildman–Crippen MR) is 61.7 cm³/mol. The van der Waals surface area contributed by atoms with E-state index in [1.807, 2.05) is 0 Å². The van der Waals surface area contributed by atoms with Crippen LogP contribution in [0.25, 0.3) is 0 Å². The van der Waals surface area contributed by atoms with Gasteiger partial charge in [0.15, 0.2) is 0 Å². The zero-order chi connectivity index (χ0) is 11.0. The Balaban J connectivity index is 3.23. The zero-order valence-corrected chi connectivity index (χ0v) is 10.5. The molecule has 86 valence electrons. The summed E-state index contributed by atoms with van der Waals surface area (Å²) in [5.41, 5.74) is 0. The van der Waals surface area contributed by atoms with E-state index in [1.165, 1.54) is 6.26 Å². The Morgan fingerprint density at radius 2 is 2.00 bits per heavy atom. The second kappa shape index (κ2) is 7.49. The maximum absolute atomic E-state index is 10.8. The van der Waals surface area contributed by atoms with Gasteiger partial charge in [-0.25, -0.2) is 8.42 Å². The number of hydrogen-bond donors (Lipinski definition) is 1. The lowest BCUT2D eigenvalue weighted by atomic mass is 10.2. The standard InChI is InChI=1S/C9H20ClNO2S/c1-3-9(10)5-7-11-6-4-8-14(2,12)13/h9,11H,3-8H2,1-2H3. The summed E-state index contributed by atoms with van der Waals surface area (Å²) in [6.45, 7) is 3.67. The molecule has 0 rings (SSSR count). The van der Waals surface area contributed by atoms with Crippen molar-refractivity contribution in [3.05, 3.63) is 0 Å². The molecule has 0 radical (unpaired) electrons. The molecule has 0 spiro atoms. The summed E-state index contributed by atoms with van der Waals surface area (Å²) >= 11 is 5.91. The van der Waals surface area contributed by atoms with Crippen molar-refractivity contribution in [2.24, 2.45) is 0 Å². The first-order valence-corrected chi connectivity index (χ1v) is 7.48. The lowest BCUT2D eigenvalue weighted by molar-refractivity contribution is 0.588. The Bertz CT molecular complexity index is 229. The van der Waals surface area contributed by atoms with Crippen LogP contribution in [0.4, 0.5) is 0 Å². The molecule has 3 nitrogen and oxygen atoms in total. The molecule has 0 heterocycles. The van der Waals surface area contributed by atoms with Crippen LogP contribution in [0.1, 0.15) is 26.2 Å². The van der Waals surface area contributed by atoms with Gasteiger partial charge in [-0.2, -0.15) is 0 Å².